The van der Waals surface area contributed by atoms with Crippen LogP contribution in [0, 0.1) is 0 Å². The van der Waals surface area contributed by atoms with Crippen LogP contribution in [0.5, 0.6) is 0 Å². The van der Waals surface area contributed by atoms with Crippen molar-refractivity contribution in [3.8, 4) is 0 Å². The molecule has 2 rings (SSSR count). The lowest BCUT2D eigenvalue weighted by atomic mass is 10.2. The molecule has 2 aromatic heterocycles. The summed E-state index contributed by atoms with van der Waals surface area (Å²) in [5.41, 5.74) is 0.959. The SMILES string of the molecule is CN(Cc1cc(Cl)cn1C)C(=O)CCC(=O)c1cccs1. The molecule has 112 valence electrons. The highest BCUT2D eigenvalue weighted by Crippen LogP contribution is 2.16. The van der Waals surface area contributed by atoms with E-state index in [0.29, 0.717) is 16.4 Å². The number of hydrogen-bond donors (Lipinski definition) is 0. The third-order valence-corrected chi connectivity index (χ3v) is 4.38. The zero-order valence-electron chi connectivity index (χ0n) is 12.0. The zero-order valence-corrected chi connectivity index (χ0v) is 13.6. The Morgan fingerprint density at radius 2 is 2.14 bits per heavy atom. The van der Waals surface area contributed by atoms with Gasteiger partial charge in [-0.25, -0.2) is 0 Å². The fraction of sp³-hybridized carbons (Fsp3) is 0.333. The van der Waals surface area contributed by atoms with Crippen molar-refractivity contribution in [2.24, 2.45) is 7.05 Å². The number of amides is 1. The van der Waals surface area contributed by atoms with Crippen molar-refractivity contribution in [1.82, 2.24) is 9.47 Å². The fourth-order valence-electron chi connectivity index (χ4n) is 2.03. The number of ketones is 1. The summed E-state index contributed by atoms with van der Waals surface area (Å²) in [6.45, 7) is 0.481. The first-order valence-electron chi connectivity index (χ1n) is 6.59. The number of halogens is 1. The van der Waals surface area contributed by atoms with Crippen LogP contribution in [0.4, 0.5) is 0 Å². The van der Waals surface area contributed by atoms with E-state index in [0.717, 1.165) is 5.69 Å². The maximum atomic E-state index is 12.1. The molecule has 2 heterocycles. The Hall–Kier alpha value is -1.59. The summed E-state index contributed by atoms with van der Waals surface area (Å²) < 4.78 is 1.89. The van der Waals surface area contributed by atoms with Crippen LogP contribution in [0.15, 0.2) is 29.8 Å². The zero-order chi connectivity index (χ0) is 15.4. The third-order valence-electron chi connectivity index (χ3n) is 3.26. The molecule has 0 aromatic carbocycles. The monoisotopic (exact) mass is 324 g/mol. The number of nitrogens with zero attached hydrogens (tertiary/aromatic N) is 2. The molecule has 0 bridgehead atoms. The number of carbonyl (C=O) groups is 2. The number of aryl methyl sites for hydroxylation is 1. The smallest absolute Gasteiger partial charge is 0.223 e. The van der Waals surface area contributed by atoms with Gasteiger partial charge in [-0.05, 0) is 17.5 Å². The van der Waals surface area contributed by atoms with E-state index < -0.39 is 0 Å². The highest BCUT2D eigenvalue weighted by molar-refractivity contribution is 7.12. The van der Waals surface area contributed by atoms with Crippen LogP contribution in [0.1, 0.15) is 28.2 Å². The summed E-state index contributed by atoms with van der Waals surface area (Å²) in [6, 6.07) is 5.46. The van der Waals surface area contributed by atoms with E-state index >= 15 is 0 Å². The van der Waals surface area contributed by atoms with E-state index in [1.807, 2.05) is 29.1 Å². The van der Waals surface area contributed by atoms with Crippen LogP contribution in [-0.2, 0) is 18.4 Å². The minimum Gasteiger partial charge on any atom is -0.351 e. The van der Waals surface area contributed by atoms with Gasteiger partial charge >= 0.3 is 0 Å². The Kier molecular flexibility index (Phi) is 5.20. The van der Waals surface area contributed by atoms with Gasteiger partial charge in [0, 0.05) is 38.8 Å². The summed E-state index contributed by atoms with van der Waals surface area (Å²) in [6.07, 6.45) is 2.28. The lowest BCUT2D eigenvalue weighted by Gasteiger charge is -2.17. The topological polar surface area (TPSA) is 42.3 Å². The Bertz CT molecular complexity index is 634. The summed E-state index contributed by atoms with van der Waals surface area (Å²) in [4.78, 5) is 26.3. The molecule has 0 aliphatic carbocycles. The molecule has 21 heavy (non-hydrogen) atoms. The first kappa shape index (κ1) is 15.8. The molecular weight excluding hydrogens is 308 g/mol. The predicted molar refractivity (Wildman–Crippen MR) is 84.8 cm³/mol. The van der Waals surface area contributed by atoms with Crippen LogP contribution in [-0.4, -0.2) is 28.2 Å². The van der Waals surface area contributed by atoms with Gasteiger partial charge in [0.25, 0.3) is 0 Å². The second-order valence-corrected chi connectivity index (χ2v) is 6.29. The van der Waals surface area contributed by atoms with Crippen LogP contribution in [0.2, 0.25) is 5.02 Å². The molecule has 0 saturated carbocycles. The average Bonchev–Trinajstić information content (AvgIpc) is 3.06. The molecular formula is C15H17ClN2O2S. The quantitative estimate of drug-likeness (QED) is 0.765. The van der Waals surface area contributed by atoms with E-state index in [-0.39, 0.29) is 24.5 Å². The number of rotatable bonds is 6. The first-order valence-corrected chi connectivity index (χ1v) is 7.84. The Labute approximate surface area is 132 Å². The number of hydrogen-bond acceptors (Lipinski definition) is 3. The van der Waals surface area contributed by atoms with E-state index in [4.69, 9.17) is 11.6 Å². The van der Waals surface area contributed by atoms with Gasteiger partial charge in [0.1, 0.15) is 0 Å². The van der Waals surface area contributed by atoms with Crippen LogP contribution >= 0.6 is 22.9 Å². The van der Waals surface area contributed by atoms with Crippen molar-refractivity contribution in [1.29, 1.82) is 0 Å². The molecule has 0 atom stereocenters. The van der Waals surface area contributed by atoms with Crippen LogP contribution in [0.3, 0.4) is 0 Å². The molecule has 0 radical (unpaired) electrons. The predicted octanol–water partition coefficient (Wildman–Crippen LogP) is 3.36. The lowest BCUT2D eigenvalue weighted by Crippen LogP contribution is -2.27. The van der Waals surface area contributed by atoms with E-state index in [2.05, 4.69) is 0 Å². The number of aromatic nitrogens is 1. The molecule has 0 spiro atoms. The van der Waals surface area contributed by atoms with E-state index in [1.54, 1.807) is 24.2 Å². The van der Waals surface area contributed by atoms with E-state index in [9.17, 15) is 9.59 Å². The Morgan fingerprint density at radius 3 is 2.71 bits per heavy atom. The third kappa shape index (κ3) is 4.19. The van der Waals surface area contributed by atoms with Gasteiger partial charge in [-0.2, -0.15) is 0 Å². The molecule has 0 unspecified atom stereocenters. The molecule has 0 N–H and O–H groups in total. The molecule has 0 aliphatic rings. The second-order valence-electron chi connectivity index (χ2n) is 4.91. The standard InChI is InChI=1S/C15H17ClN2O2S/c1-17-9-11(16)8-12(17)10-18(2)15(20)6-5-13(19)14-4-3-7-21-14/h3-4,7-9H,5-6,10H2,1-2H3. The van der Waals surface area contributed by atoms with Crippen LogP contribution < -0.4 is 0 Å². The van der Waals surface area contributed by atoms with Gasteiger partial charge in [0.15, 0.2) is 5.78 Å². The van der Waals surface area contributed by atoms with Crippen molar-refractivity contribution >= 4 is 34.6 Å². The van der Waals surface area contributed by atoms with Crippen LogP contribution in [0.25, 0.3) is 0 Å². The van der Waals surface area contributed by atoms with Crippen molar-refractivity contribution in [2.45, 2.75) is 19.4 Å². The van der Waals surface area contributed by atoms with Crippen molar-refractivity contribution < 1.29 is 9.59 Å². The Morgan fingerprint density at radius 1 is 1.38 bits per heavy atom. The second kappa shape index (κ2) is 6.91. The lowest BCUT2D eigenvalue weighted by molar-refractivity contribution is -0.130. The molecule has 0 saturated heterocycles. The van der Waals surface area contributed by atoms with E-state index in [1.165, 1.54) is 11.3 Å². The highest BCUT2D eigenvalue weighted by Gasteiger charge is 2.14. The van der Waals surface area contributed by atoms with Crippen molar-refractivity contribution in [3.63, 3.8) is 0 Å². The molecule has 1 amide bonds. The van der Waals surface area contributed by atoms with Gasteiger partial charge in [-0.3, -0.25) is 9.59 Å². The van der Waals surface area contributed by atoms with Gasteiger partial charge < -0.3 is 9.47 Å². The van der Waals surface area contributed by atoms with Gasteiger partial charge in [0.05, 0.1) is 16.4 Å². The van der Waals surface area contributed by atoms with Gasteiger partial charge in [0.2, 0.25) is 5.91 Å². The summed E-state index contributed by atoms with van der Waals surface area (Å²) >= 11 is 7.33. The van der Waals surface area contributed by atoms with Gasteiger partial charge in [-0.15, -0.1) is 11.3 Å². The summed E-state index contributed by atoms with van der Waals surface area (Å²) in [5, 5.41) is 2.52. The van der Waals surface area contributed by atoms with Gasteiger partial charge in [-0.1, -0.05) is 17.7 Å². The normalized spacial score (nSPS) is 10.6. The highest BCUT2D eigenvalue weighted by atomic mass is 35.5. The first-order chi connectivity index (χ1) is 9.97. The maximum absolute atomic E-state index is 12.1. The Balaban J connectivity index is 1.85. The number of Topliss-reactive ketones (excluding diaryl/α,β-unsaturated/α-hetero) is 1. The number of carbonyl (C=O) groups excluding carboxylic acids is 2. The minimum absolute atomic E-state index is 0.0219. The molecule has 0 fully saturated rings. The molecule has 2 aromatic rings. The number of thiophene rings is 1. The molecule has 0 aliphatic heterocycles. The molecule has 4 nitrogen and oxygen atoms in total. The van der Waals surface area contributed by atoms with Crippen molar-refractivity contribution in [2.75, 3.05) is 7.05 Å². The average molecular weight is 325 g/mol. The summed E-state index contributed by atoms with van der Waals surface area (Å²) in [5.74, 6) is -0.0223. The minimum atomic E-state index is -0.0442. The summed E-state index contributed by atoms with van der Waals surface area (Å²) in [7, 11) is 3.62. The van der Waals surface area contributed by atoms with Crippen molar-refractivity contribution in [3.05, 3.63) is 45.4 Å². The largest absolute Gasteiger partial charge is 0.351 e. The fourth-order valence-corrected chi connectivity index (χ4v) is 2.99. The maximum Gasteiger partial charge on any atom is 0.223 e. The molecule has 6 heteroatoms.